The van der Waals surface area contributed by atoms with Crippen LogP contribution in [0.2, 0.25) is 5.02 Å². The smallest absolute Gasteiger partial charge is 0.199 e. The van der Waals surface area contributed by atoms with Crippen molar-refractivity contribution in [3.8, 4) is 0 Å². The van der Waals surface area contributed by atoms with Crippen molar-refractivity contribution in [2.75, 3.05) is 0 Å². The standard InChI is InChI=1S/C8H9ClN2O/c1-5(10)8(12)7-6(9)3-2-4-11-7/h2-5H,10H2,1H3. The second kappa shape index (κ2) is 3.65. The lowest BCUT2D eigenvalue weighted by molar-refractivity contribution is 0.0963. The number of aromatic nitrogens is 1. The molecule has 1 unspecified atom stereocenters. The third-order valence-electron chi connectivity index (χ3n) is 1.41. The first-order chi connectivity index (χ1) is 5.63. The Hall–Kier alpha value is -0.930. The van der Waals surface area contributed by atoms with Crippen molar-refractivity contribution in [3.05, 3.63) is 29.0 Å². The number of pyridine rings is 1. The number of nitrogens with zero attached hydrogens (tertiary/aromatic N) is 1. The lowest BCUT2D eigenvalue weighted by Gasteiger charge is -2.03. The van der Waals surface area contributed by atoms with Crippen molar-refractivity contribution in [1.82, 2.24) is 4.98 Å². The molecule has 64 valence electrons. The van der Waals surface area contributed by atoms with Crippen molar-refractivity contribution < 1.29 is 4.79 Å². The van der Waals surface area contributed by atoms with E-state index < -0.39 is 6.04 Å². The SMILES string of the molecule is CC(N)C(=O)c1ncccc1Cl. The molecule has 0 aliphatic carbocycles. The highest BCUT2D eigenvalue weighted by Crippen LogP contribution is 2.13. The van der Waals surface area contributed by atoms with Crippen LogP contribution in [-0.4, -0.2) is 16.8 Å². The average Bonchev–Trinajstić information content (AvgIpc) is 2.04. The summed E-state index contributed by atoms with van der Waals surface area (Å²) in [6.07, 6.45) is 1.52. The highest BCUT2D eigenvalue weighted by Gasteiger charge is 2.14. The summed E-state index contributed by atoms with van der Waals surface area (Å²) in [6, 6.07) is 2.72. The van der Waals surface area contributed by atoms with Gasteiger partial charge in [-0.2, -0.15) is 0 Å². The molecule has 0 radical (unpaired) electrons. The molecule has 0 amide bonds. The van der Waals surface area contributed by atoms with Crippen molar-refractivity contribution in [2.24, 2.45) is 5.73 Å². The van der Waals surface area contributed by atoms with Gasteiger partial charge in [0.25, 0.3) is 0 Å². The lowest BCUT2D eigenvalue weighted by Crippen LogP contribution is -2.27. The van der Waals surface area contributed by atoms with Crippen LogP contribution >= 0.6 is 11.6 Å². The molecule has 0 fully saturated rings. The van der Waals surface area contributed by atoms with Crippen LogP contribution in [0.15, 0.2) is 18.3 Å². The minimum absolute atomic E-state index is 0.236. The van der Waals surface area contributed by atoms with Gasteiger partial charge in [-0.25, -0.2) is 0 Å². The molecule has 0 aliphatic heterocycles. The Balaban J connectivity index is 3.03. The Labute approximate surface area is 75.6 Å². The first-order valence-corrected chi connectivity index (χ1v) is 3.91. The minimum atomic E-state index is -0.558. The van der Waals surface area contributed by atoms with E-state index in [1.54, 1.807) is 19.1 Å². The van der Waals surface area contributed by atoms with Crippen LogP contribution in [0.4, 0.5) is 0 Å². The number of carbonyl (C=O) groups is 1. The monoisotopic (exact) mass is 184 g/mol. The van der Waals surface area contributed by atoms with E-state index in [4.69, 9.17) is 17.3 Å². The first kappa shape index (κ1) is 9.16. The zero-order valence-corrected chi connectivity index (χ0v) is 7.38. The first-order valence-electron chi connectivity index (χ1n) is 3.53. The zero-order chi connectivity index (χ0) is 9.14. The molecule has 0 spiro atoms. The van der Waals surface area contributed by atoms with Gasteiger partial charge in [-0.15, -0.1) is 0 Å². The molecule has 1 rings (SSSR count). The zero-order valence-electron chi connectivity index (χ0n) is 6.62. The van der Waals surface area contributed by atoms with E-state index in [0.29, 0.717) is 5.02 Å². The molecular formula is C8H9ClN2O. The Morgan fingerprint density at radius 2 is 2.42 bits per heavy atom. The van der Waals surface area contributed by atoms with Gasteiger partial charge in [0.2, 0.25) is 0 Å². The van der Waals surface area contributed by atoms with Crippen LogP contribution in [0, 0.1) is 0 Å². The molecule has 1 heterocycles. The molecule has 12 heavy (non-hydrogen) atoms. The van der Waals surface area contributed by atoms with Crippen LogP contribution in [0.25, 0.3) is 0 Å². The molecule has 2 N–H and O–H groups in total. The van der Waals surface area contributed by atoms with Gasteiger partial charge in [-0.3, -0.25) is 9.78 Å². The molecule has 1 aromatic heterocycles. The number of rotatable bonds is 2. The van der Waals surface area contributed by atoms with E-state index in [1.165, 1.54) is 6.20 Å². The number of hydrogen-bond acceptors (Lipinski definition) is 3. The van der Waals surface area contributed by atoms with Crippen molar-refractivity contribution >= 4 is 17.4 Å². The largest absolute Gasteiger partial charge is 0.321 e. The number of ketones is 1. The Morgan fingerprint density at radius 1 is 1.75 bits per heavy atom. The lowest BCUT2D eigenvalue weighted by atomic mass is 10.1. The van der Waals surface area contributed by atoms with Gasteiger partial charge in [0, 0.05) is 6.20 Å². The molecule has 3 nitrogen and oxygen atoms in total. The summed E-state index contributed by atoms with van der Waals surface area (Å²) in [6.45, 7) is 1.60. The van der Waals surface area contributed by atoms with E-state index in [2.05, 4.69) is 4.98 Å². The quantitative estimate of drug-likeness (QED) is 0.705. The molecular weight excluding hydrogens is 176 g/mol. The summed E-state index contributed by atoms with van der Waals surface area (Å²) in [7, 11) is 0. The fourth-order valence-corrected chi connectivity index (χ4v) is 0.997. The third-order valence-corrected chi connectivity index (χ3v) is 1.71. The van der Waals surface area contributed by atoms with Gasteiger partial charge in [-0.05, 0) is 19.1 Å². The maximum atomic E-state index is 11.3. The van der Waals surface area contributed by atoms with Crippen LogP contribution < -0.4 is 5.73 Å². The van der Waals surface area contributed by atoms with E-state index in [0.717, 1.165) is 0 Å². The molecule has 0 aliphatic rings. The normalized spacial score (nSPS) is 12.6. The minimum Gasteiger partial charge on any atom is -0.321 e. The van der Waals surface area contributed by atoms with Crippen LogP contribution in [0.5, 0.6) is 0 Å². The summed E-state index contributed by atoms with van der Waals surface area (Å²) in [5.74, 6) is -0.236. The summed E-state index contributed by atoms with van der Waals surface area (Å²) in [4.78, 5) is 15.1. The van der Waals surface area contributed by atoms with Crippen molar-refractivity contribution in [3.63, 3.8) is 0 Å². The predicted molar refractivity (Wildman–Crippen MR) is 47.2 cm³/mol. The predicted octanol–water partition coefficient (Wildman–Crippen LogP) is 1.26. The highest BCUT2D eigenvalue weighted by atomic mass is 35.5. The van der Waals surface area contributed by atoms with Gasteiger partial charge in [0.1, 0.15) is 5.69 Å². The van der Waals surface area contributed by atoms with Crippen molar-refractivity contribution in [1.29, 1.82) is 0 Å². The van der Waals surface area contributed by atoms with Gasteiger partial charge in [0.05, 0.1) is 11.1 Å². The molecule has 1 aromatic rings. The maximum Gasteiger partial charge on any atom is 0.199 e. The van der Waals surface area contributed by atoms with Gasteiger partial charge >= 0.3 is 0 Å². The Kier molecular flexibility index (Phi) is 2.78. The van der Waals surface area contributed by atoms with E-state index in [9.17, 15) is 4.79 Å². The number of carbonyl (C=O) groups excluding carboxylic acids is 1. The molecule has 0 aromatic carbocycles. The van der Waals surface area contributed by atoms with Gasteiger partial charge in [-0.1, -0.05) is 11.6 Å². The summed E-state index contributed by atoms with van der Waals surface area (Å²) in [5.41, 5.74) is 5.63. The molecule has 0 saturated heterocycles. The number of nitrogens with two attached hydrogens (primary N) is 1. The number of Topliss-reactive ketones (excluding diaryl/α,β-unsaturated/α-hetero) is 1. The average molecular weight is 185 g/mol. The second-order valence-electron chi connectivity index (χ2n) is 2.49. The summed E-state index contributed by atoms with van der Waals surface area (Å²) < 4.78 is 0. The van der Waals surface area contributed by atoms with E-state index >= 15 is 0 Å². The van der Waals surface area contributed by atoms with Crippen LogP contribution in [0.1, 0.15) is 17.4 Å². The highest BCUT2D eigenvalue weighted by molar-refractivity contribution is 6.33. The molecule has 4 heteroatoms. The maximum absolute atomic E-state index is 11.3. The van der Waals surface area contributed by atoms with Crippen molar-refractivity contribution in [2.45, 2.75) is 13.0 Å². The molecule has 1 atom stereocenters. The molecule has 0 saturated carbocycles. The number of hydrogen-bond donors (Lipinski definition) is 1. The van der Waals surface area contributed by atoms with E-state index in [1.807, 2.05) is 0 Å². The Bertz CT molecular complexity index is 299. The summed E-state index contributed by atoms with van der Waals surface area (Å²) >= 11 is 5.72. The second-order valence-corrected chi connectivity index (χ2v) is 2.89. The molecule has 0 bridgehead atoms. The third kappa shape index (κ3) is 1.81. The fraction of sp³-hybridized carbons (Fsp3) is 0.250. The van der Waals surface area contributed by atoms with Gasteiger partial charge < -0.3 is 5.73 Å². The summed E-state index contributed by atoms with van der Waals surface area (Å²) in [5, 5.41) is 0.347. The van der Waals surface area contributed by atoms with Crippen LogP contribution in [0.3, 0.4) is 0 Å². The fourth-order valence-electron chi connectivity index (χ4n) is 0.783. The van der Waals surface area contributed by atoms with Gasteiger partial charge in [0.15, 0.2) is 5.78 Å². The van der Waals surface area contributed by atoms with Crippen LogP contribution in [-0.2, 0) is 0 Å². The topological polar surface area (TPSA) is 56.0 Å². The van der Waals surface area contributed by atoms with E-state index in [-0.39, 0.29) is 11.5 Å². The Morgan fingerprint density at radius 3 is 2.92 bits per heavy atom. The number of halogens is 1.